The molecule has 0 amide bonds. The maximum Gasteiger partial charge on any atom is 0.152 e. The molecule has 0 saturated heterocycles. The topological polar surface area (TPSA) is 37.3 Å². The van der Waals surface area contributed by atoms with Gasteiger partial charge in [-0.2, -0.15) is 0 Å². The van der Waals surface area contributed by atoms with Crippen molar-refractivity contribution in [2.75, 3.05) is 0 Å². The van der Waals surface area contributed by atoms with Crippen molar-refractivity contribution in [1.82, 2.24) is 0 Å². The second-order valence-electron chi connectivity index (χ2n) is 5.56. The van der Waals surface area contributed by atoms with Gasteiger partial charge >= 0.3 is 0 Å². The number of hydrogen-bond donors (Lipinski definition) is 1. The highest BCUT2D eigenvalue weighted by atomic mass is 16.3. The van der Waals surface area contributed by atoms with Gasteiger partial charge in [-0.25, -0.2) is 0 Å². The zero-order valence-corrected chi connectivity index (χ0v) is 10.2. The van der Waals surface area contributed by atoms with Gasteiger partial charge < -0.3 is 5.11 Å². The molecule has 0 aromatic heterocycles. The van der Waals surface area contributed by atoms with Gasteiger partial charge in [0.1, 0.15) is 0 Å². The average molecular weight is 210 g/mol. The molecule has 1 aliphatic carbocycles. The van der Waals surface area contributed by atoms with Crippen molar-refractivity contribution >= 4 is 5.78 Å². The van der Waals surface area contributed by atoms with Gasteiger partial charge in [0.25, 0.3) is 0 Å². The summed E-state index contributed by atoms with van der Waals surface area (Å²) in [5, 5.41) is 9.72. The highest BCUT2D eigenvalue weighted by Crippen LogP contribution is 2.44. The van der Waals surface area contributed by atoms with Crippen LogP contribution in [0.1, 0.15) is 40.5 Å². The van der Waals surface area contributed by atoms with Gasteiger partial charge in [0.2, 0.25) is 0 Å². The molecule has 15 heavy (non-hydrogen) atoms. The van der Waals surface area contributed by atoms with Gasteiger partial charge in [-0.15, -0.1) is 0 Å². The summed E-state index contributed by atoms with van der Waals surface area (Å²) in [6, 6.07) is 0. The van der Waals surface area contributed by atoms with Crippen LogP contribution in [0.15, 0.2) is 12.2 Å². The van der Waals surface area contributed by atoms with E-state index in [9.17, 15) is 9.90 Å². The minimum atomic E-state index is -0.183. The number of rotatable bonds is 2. The Balaban J connectivity index is 2.80. The third-order valence-electron chi connectivity index (χ3n) is 3.46. The van der Waals surface area contributed by atoms with Crippen LogP contribution in [0.2, 0.25) is 0 Å². The lowest BCUT2D eigenvalue weighted by Gasteiger charge is -2.43. The summed E-state index contributed by atoms with van der Waals surface area (Å²) in [7, 11) is 0. The fourth-order valence-electron chi connectivity index (χ4n) is 2.86. The van der Waals surface area contributed by atoms with Crippen molar-refractivity contribution in [1.29, 1.82) is 0 Å². The molecule has 86 valence electrons. The number of carbonyl (C=O) groups is 1. The monoisotopic (exact) mass is 210 g/mol. The first-order chi connectivity index (χ1) is 6.83. The normalized spacial score (nSPS) is 35.7. The van der Waals surface area contributed by atoms with Gasteiger partial charge in [-0.3, -0.25) is 4.79 Å². The van der Waals surface area contributed by atoms with Crippen LogP contribution in [0.4, 0.5) is 0 Å². The molecule has 0 unspecified atom stereocenters. The van der Waals surface area contributed by atoms with Crippen LogP contribution < -0.4 is 0 Å². The summed E-state index contributed by atoms with van der Waals surface area (Å²) in [6.45, 7) is 8.06. The van der Waals surface area contributed by atoms with E-state index in [2.05, 4.69) is 20.8 Å². The summed E-state index contributed by atoms with van der Waals surface area (Å²) in [4.78, 5) is 10.9. The van der Waals surface area contributed by atoms with Crippen LogP contribution in [-0.2, 0) is 4.79 Å². The molecular formula is C13H22O2. The standard InChI is InChI=1S/C13H22O2/c1-9-7-11(15)8-13(3,4)12(9)6-5-10(2)14/h5-6,9,11-12,15H,7-8H2,1-4H3/b6-5+/t9-,11-,12+/m0/s1. The van der Waals surface area contributed by atoms with Crippen molar-refractivity contribution in [3.8, 4) is 0 Å². The molecular weight excluding hydrogens is 188 g/mol. The number of allylic oxidation sites excluding steroid dienone is 2. The molecule has 3 atom stereocenters. The summed E-state index contributed by atoms with van der Waals surface area (Å²) >= 11 is 0. The van der Waals surface area contributed by atoms with Crippen LogP contribution in [0.25, 0.3) is 0 Å². The van der Waals surface area contributed by atoms with Crippen molar-refractivity contribution in [2.45, 2.75) is 46.6 Å². The molecule has 0 aromatic carbocycles. The molecule has 1 aliphatic rings. The van der Waals surface area contributed by atoms with E-state index in [1.807, 2.05) is 6.08 Å². The van der Waals surface area contributed by atoms with Crippen LogP contribution >= 0.6 is 0 Å². The SMILES string of the molecule is CC(=O)/C=C/[C@@H]1[C@@H](C)C[C@H](O)CC1(C)C. The van der Waals surface area contributed by atoms with Crippen LogP contribution in [0, 0.1) is 17.3 Å². The molecule has 1 N–H and O–H groups in total. The Kier molecular flexibility index (Phi) is 3.72. The summed E-state index contributed by atoms with van der Waals surface area (Å²) in [5.74, 6) is 0.938. The molecule has 0 spiro atoms. The summed E-state index contributed by atoms with van der Waals surface area (Å²) in [5.41, 5.74) is 0.0863. The lowest BCUT2D eigenvalue weighted by atomic mass is 9.63. The van der Waals surface area contributed by atoms with Gasteiger partial charge in [-0.05, 0) is 43.1 Å². The Bertz CT molecular complexity index is 266. The number of hydrogen-bond acceptors (Lipinski definition) is 2. The highest BCUT2D eigenvalue weighted by molar-refractivity contribution is 5.87. The number of carbonyl (C=O) groups excluding carboxylic acids is 1. The van der Waals surface area contributed by atoms with E-state index in [1.165, 1.54) is 0 Å². The van der Waals surface area contributed by atoms with E-state index in [-0.39, 0.29) is 17.3 Å². The lowest BCUT2D eigenvalue weighted by molar-refractivity contribution is -0.112. The van der Waals surface area contributed by atoms with E-state index in [4.69, 9.17) is 0 Å². The van der Waals surface area contributed by atoms with E-state index in [1.54, 1.807) is 13.0 Å². The first-order valence-electron chi connectivity index (χ1n) is 5.70. The predicted octanol–water partition coefficient (Wildman–Crippen LogP) is 2.56. The minimum absolute atomic E-state index is 0.0863. The minimum Gasteiger partial charge on any atom is -0.393 e. The van der Waals surface area contributed by atoms with Crippen LogP contribution in [0.3, 0.4) is 0 Å². The summed E-state index contributed by atoms with van der Waals surface area (Å²) < 4.78 is 0. The fraction of sp³-hybridized carbons (Fsp3) is 0.769. The van der Waals surface area contributed by atoms with Crippen LogP contribution in [0.5, 0.6) is 0 Å². The average Bonchev–Trinajstić information content (AvgIpc) is 1.98. The van der Waals surface area contributed by atoms with Crippen molar-refractivity contribution in [2.24, 2.45) is 17.3 Å². The Morgan fingerprint density at radius 2 is 2.07 bits per heavy atom. The Morgan fingerprint density at radius 1 is 1.47 bits per heavy atom. The second-order valence-corrected chi connectivity index (χ2v) is 5.56. The number of ketones is 1. The Morgan fingerprint density at radius 3 is 2.53 bits per heavy atom. The Labute approximate surface area is 92.4 Å². The molecule has 2 heteroatoms. The third kappa shape index (κ3) is 3.16. The van der Waals surface area contributed by atoms with E-state index >= 15 is 0 Å². The maximum absolute atomic E-state index is 10.9. The molecule has 2 nitrogen and oxygen atoms in total. The Hall–Kier alpha value is -0.630. The van der Waals surface area contributed by atoms with E-state index in [0.29, 0.717) is 11.8 Å². The number of aliphatic hydroxyl groups is 1. The van der Waals surface area contributed by atoms with Crippen LogP contribution in [-0.4, -0.2) is 17.0 Å². The van der Waals surface area contributed by atoms with Crippen molar-refractivity contribution in [3.05, 3.63) is 12.2 Å². The second kappa shape index (κ2) is 4.48. The van der Waals surface area contributed by atoms with Crippen molar-refractivity contribution < 1.29 is 9.90 Å². The van der Waals surface area contributed by atoms with Gasteiger partial charge in [-0.1, -0.05) is 26.8 Å². The molecule has 0 heterocycles. The number of aliphatic hydroxyl groups excluding tert-OH is 1. The zero-order chi connectivity index (χ0) is 11.6. The maximum atomic E-state index is 10.9. The molecule has 0 bridgehead atoms. The predicted molar refractivity (Wildman–Crippen MR) is 61.5 cm³/mol. The van der Waals surface area contributed by atoms with Gasteiger partial charge in [0.15, 0.2) is 5.78 Å². The fourth-order valence-corrected chi connectivity index (χ4v) is 2.86. The first-order valence-corrected chi connectivity index (χ1v) is 5.70. The highest BCUT2D eigenvalue weighted by Gasteiger charge is 2.38. The molecule has 0 aromatic rings. The largest absolute Gasteiger partial charge is 0.393 e. The van der Waals surface area contributed by atoms with Crippen molar-refractivity contribution in [3.63, 3.8) is 0 Å². The quantitative estimate of drug-likeness (QED) is 0.711. The molecule has 1 rings (SSSR count). The third-order valence-corrected chi connectivity index (χ3v) is 3.46. The van der Waals surface area contributed by atoms with Gasteiger partial charge in [0.05, 0.1) is 6.10 Å². The van der Waals surface area contributed by atoms with E-state index in [0.717, 1.165) is 12.8 Å². The molecule has 1 saturated carbocycles. The van der Waals surface area contributed by atoms with Gasteiger partial charge in [0, 0.05) is 0 Å². The lowest BCUT2D eigenvalue weighted by Crippen LogP contribution is -2.38. The molecule has 0 aliphatic heterocycles. The summed E-state index contributed by atoms with van der Waals surface area (Å²) in [6.07, 6.45) is 5.18. The zero-order valence-electron chi connectivity index (χ0n) is 10.2. The van der Waals surface area contributed by atoms with E-state index < -0.39 is 0 Å². The molecule has 0 radical (unpaired) electrons. The molecule has 1 fully saturated rings. The first kappa shape index (κ1) is 12.4. The smallest absolute Gasteiger partial charge is 0.152 e.